The fourth-order valence-corrected chi connectivity index (χ4v) is 5.04. The van der Waals surface area contributed by atoms with Crippen LogP contribution in [-0.4, -0.2) is 64.0 Å². The maximum Gasteiger partial charge on any atom is 0.243 e. The molecule has 11 nitrogen and oxygen atoms in total. The molecule has 11 heteroatoms. The number of carbonyl (C=O) groups excluding carboxylic acids is 4. The number of rotatable bonds is 19. The summed E-state index contributed by atoms with van der Waals surface area (Å²) in [5.41, 5.74) is 6.72. The van der Waals surface area contributed by atoms with Crippen molar-refractivity contribution in [1.82, 2.24) is 26.3 Å². The van der Waals surface area contributed by atoms with Crippen LogP contribution < -0.4 is 27.0 Å². The van der Waals surface area contributed by atoms with Crippen LogP contribution in [0.4, 0.5) is 0 Å². The largest absolute Gasteiger partial charge is 0.391 e. The Bertz CT molecular complexity index is 1060. The van der Waals surface area contributed by atoms with Gasteiger partial charge < -0.3 is 32.1 Å². The summed E-state index contributed by atoms with van der Waals surface area (Å²) in [7, 11) is 0. The molecule has 7 atom stereocenters. The van der Waals surface area contributed by atoms with Crippen molar-refractivity contribution < 1.29 is 24.3 Å². The minimum absolute atomic E-state index is 0.0842. The molecule has 256 valence electrons. The van der Waals surface area contributed by atoms with Gasteiger partial charge >= 0.3 is 0 Å². The molecule has 1 aromatic heterocycles. The Morgan fingerprint density at radius 3 is 1.89 bits per heavy atom. The van der Waals surface area contributed by atoms with E-state index in [0.29, 0.717) is 18.5 Å². The smallest absolute Gasteiger partial charge is 0.243 e. The zero-order valence-electron chi connectivity index (χ0n) is 29.1. The lowest BCUT2D eigenvalue weighted by atomic mass is 9.84. The van der Waals surface area contributed by atoms with Gasteiger partial charge in [-0.15, -0.1) is 0 Å². The average molecular weight is 633 g/mol. The Balaban J connectivity index is 3.09. The van der Waals surface area contributed by atoms with Crippen LogP contribution in [0.3, 0.4) is 0 Å². The highest BCUT2D eigenvalue weighted by Gasteiger charge is 2.35. The molecular weight excluding hydrogens is 572 g/mol. The van der Waals surface area contributed by atoms with E-state index < -0.39 is 48.0 Å². The summed E-state index contributed by atoms with van der Waals surface area (Å²) < 4.78 is 0. The molecule has 4 amide bonds. The molecule has 0 saturated heterocycles. The van der Waals surface area contributed by atoms with Gasteiger partial charge in [-0.3, -0.25) is 24.2 Å². The van der Waals surface area contributed by atoms with Gasteiger partial charge in [0.1, 0.15) is 12.1 Å². The van der Waals surface area contributed by atoms with E-state index in [9.17, 15) is 24.3 Å². The van der Waals surface area contributed by atoms with E-state index in [4.69, 9.17) is 5.73 Å². The van der Waals surface area contributed by atoms with Crippen molar-refractivity contribution in [3.05, 3.63) is 30.1 Å². The molecule has 0 bridgehead atoms. The van der Waals surface area contributed by atoms with E-state index in [2.05, 4.69) is 26.3 Å². The second-order valence-corrected chi connectivity index (χ2v) is 13.8. The van der Waals surface area contributed by atoms with Gasteiger partial charge in [0, 0.05) is 12.1 Å². The van der Waals surface area contributed by atoms with E-state index in [1.807, 2.05) is 81.4 Å². The molecule has 0 fully saturated rings. The molecule has 7 N–H and O–H groups in total. The van der Waals surface area contributed by atoms with Gasteiger partial charge in [-0.25, -0.2) is 0 Å². The van der Waals surface area contributed by atoms with Gasteiger partial charge in [-0.2, -0.15) is 0 Å². The van der Waals surface area contributed by atoms with Crippen LogP contribution in [-0.2, 0) is 25.7 Å². The van der Waals surface area contributed by atoms with Crippen molar-refractivity contribution in [2.45, 2.75) is 125 Å². The molecule has 0 radical (unpaired) electrons. The molecule has 0 aliphatic heterocycles. The second-order valence-electron chi connectivity index (χ2n) is 13.8. The summed E-state index contributed by atoms with van der Waals surface area (Å²) in [4.78, 5) is 57.2. The zero-order chi connectivity index (χ0) is 34.4. The normalized spacial score (nSPS) is 16.4. The van der Waals surface area contributed by atoms with E-state index in [1.165, 1.54) is 0 Å². The second kappa shape index (κ2) is 19.5. The number of pyridine rings is 1. The first kappa shape index (κ1) is 40.0. The van der Waals surface area contributed by atoms with Crippen molar-refractivity contribution >= 4 is 23.6 Å². The molecule has 1 heterocycles. The number of aromatic nitrogens is 1. The average Bonchev–Trinajstić information content (AvgIpc) is 2.98. The molecule has 0 saturated carbocycles. The van der Waals surface area contributed by atoms with Crippen LogP contribution >= 0.6 is 0 Å². The molecule has 0 spiro atoms. The monoisotopic (exact) mass is 632 g/mol. The number of aliphatic hydroxyl groups excluding tert-OH is 1. The van der Waals surface area contributed by atoms with Crippen LogP contribution in [0, 0.1) is 35.5 Å². The van der Waals surface area contributed by atoms with E-state index >= 15 is 0 Å². The Morgan fingerprint density at radius 1 is 0.778 bits per heavy atom. The number of nitrogens with two attached hydrogens (primary N) is 1. The van der Waals surface area contributed by atoms with Gasteiger partial charge in [0.2, 0.25) is 23.6 Å². The fraction of sp³-hybridized carbons (Fsp3) is 0.735. The van der Waals surface area contributed by atoms with Crippen LogP contribution in [0.5, 0.6) is 0 Å². The number of nitrogens with zero attached hydrogens (tertiary/aromatic N) is 1. The summed E-state index contributed by atoms with van der Waals surface area (Å²) in [5, 5.41) is 23.0. The lowest BCUT2D eigenvalue weighted by Gasteiger charge is -2.33. The summed E-state index contributed by atoms with van der Waals surface area (Å²) >= 11 is 0. The van der Waals surface area contributed by atoms with E-state index in [1.54, 1.807) is 12.3 Å². The maximum absolute atomic E-state index is 13.7. The predicted molar refractivity (Wildman–Crippen MR) is 177 cm³/mol. The Labute approximate surface area is 270 Å². The van der Waals surface area contributed by atoms with Gasteiger partial charge in [0.05, 0.1) is 30.4 Å². The highest BCUT2D eigenvalue weighted by Crippen LogP contribution is 2.23. The molecule has 0 unspecified atom stereocenters. The lowest BCUT2D eigenvalue weighted by molar-refractivity contribution is -0.134. The number of carbonyl (C=O) groups is 4. The molecular formula is C34H60N6O5. The molecule has 45 heavy (non-hydrogen) atoms. The van der Waals surface area contributed by atoms with Crippen LogP contribution in [0.15, 0.2) is 24.4 Å². The lowest BCUT2D eigenvalue weighted by Crippen LogP contribution is -2.58. The highest BCUT2D eigenvalue weighted by molar-refractivity contribution is 5.90. The molecule has 0 aliphatic carbocycles. The number of hydrogen-bond acceptors (Lipinski definition) is 7. The summed E-state index contributed by atoms with van der Waals surface area (Å²) in [6, 6.07) is 2.45. The zero-order valence-corrected chi connectivity index (χ0v) is 29.1. The quantitative estimate of drug-likeness (QED) is 0.136. The van der Waals surface area contributed by atoms with Crippen LogP contribution in [0.2, 0.25) is 0 Å². The Hall–Kier alpha value is -3.05. The predicted octanol–water partition coefficient (Wildman–Crippen LogP) is 2.91. The van der Waals surface area contributed by atoms with E-state index in [0.717, 1.165) is 0 Å². The maximum atomic E-state index is 13.7. The van der Waals surface area contributed by atoms with Gasteiger partial charge in [-0.1, -0.05) is 81.7 Å². The fourth-order valence-electron chi connectivity index (χ4n) is 5.04. The van der Waals surface area contributed by atoms with E-state index in [-0.39, 0.29) is 54.4 Å². The Kier molecular flexibility index (Phi) is 17.3. The van der Waals surface area contributed by atoms with Crippen LogP contribution in [0.1, 0.15) is 94.2 Å². The van der Waals surface area contributed by atoms with Crippen molar-refractivity contribution in [3.8, 4) is 0 Å². The summed E-state index contributed by atoms with van der Waals surface area (Å²) in [6.45, 7) is 19.2. The van der Waals surface area contributed by atoms with Crippen molar-refractivity contribution in [3.63, 3.8) is 0 Å². The third kappa shape index (κ3) is 13.5. The SMILES string of the molecule is CC[C@H](C)[C@H](NC(=O)[C@H](C[C@H](O)[C@H](CC(C)C)NC(=O)[C@@H](NC(=O)[C@@H](N)C(C)C)C(C)C)C(C)C)C(=O)NCc1ccccn1. The number of hydrogen-bond donors (Lipinski definition) is 6. The van der Waals surface area contributed by atoms with Gasteiger partial charge in [0.25, 0.3) is 0 Å². The number of nitrogens with one attached hydrogen (secondary N) is 4. The first-order chi connectivity index (χ1) is 21.0. The van der Waals surface area contributed by atoms with Crippen molar-refractivity contribution in [2.24, 2.45) is 41.2 Å². The van der Waals surface area contributed by atoms with Gasteiger partial charge in [0.15, 0.2) is 0 Å². The minimum atomic E-state index is -1.05. The molecule has 0 aromatic carbocycles. The molecule has 0 aliphatic rings. The van der Waals surface area contributed by atoms with Crippen molar-refractivity contribution in [2.75, 3.05) is 0 Å². The summed E-state index contributed by atoms with van der Waals surface area (Å²) in [5.74, 6) is -2.52. The number of amides is 4. The highest BCUT2D eigenvalue weighted by atomic mass is 16.3. The molecule has 1 rings (SSSR count). The topological polar surface area (TPSA) is 176 Å². The third-order valence-corrected chi connectivity index (χ3v) is 8.39. The molecule has 1 aromatic rings. The third-order valence-electron chi connectivity index (χ3n) is 8.39. The van der Waals surface area contributed by atoms with Gasteiger partial charge in [-0.05, 0) is 54.6 Å². The van der Waals surface area contributed by atoms with Crippen molar-refractivity contribution in [1.29, 1.82) is 0 Å². The van der Waals surface area contributed by atoms with Crippen LogP contribution in [0.25, 0.3) is 0 Å². The Morgan fingerprint density at radius 2 is 1.40 bits per heavy atom. The minimum Gasteiger partial charge on any atom is -0.391 e. The number of aliphatic hydroxyl groups is 1. The summed E-state index contributed by atoms with van der Waals surface area (Å²) in [6.07, 6.45) is 1.84. The first-order valence-electron chi connectivity index (χ1n) is 16.5. The first-order valence-corrected chi connectivity index (χ1v) is 16.5. The standard InChI is InChI=1S/C34H60N6O5/c1-11-23(10)30(33(44)37-18-24-14-12-13-15-36-24)40-31(42)25(20(4)5)17-27(41)26(16-19(2)3)38-34(45)29(22(8)9)39-32(43)28(35)21(6)7/h12-15,19-23,25-30,41H,11,16-18,35H2,1-10H3,(H,37,44)(H,38,45)(H,39,43)(H,40,42)/t23-,25+,26-,27-,28-,29-,30-/m0/s1.